The first-order chi connectivity index (χ1) is 8.58. The van der Waals surface area contributed by atoms with Gasteiger partial charge in [0.2, 0.25) is 0 Å². The molecule has 0 atom stereocenters. The SMILES string of the molecule is O=C(O)COc1cccc(N2C(=O)C=CC2=O)c1. The lowest BCUT2D eigenvalue weighted by atomic mass is 10.2. The molecule has 1 aromatic carbocycles. The molecule has 1 N–H and O–H groups in total. The number of imide groups is 1. The van der Waals surface area contributed by atoms with Crippen molar-refractivity contribution in [1.29, 1.82) is 0 Å². The number of hydrogen-bond donors (Lipinski definition) is 1. The fourth-order valence-corrected chi connectivity index (χ4v) is 1.51. The maximum Gasteiger partial charge on any atom is 0.341 e. The molecular weight excluding hydrogens is 238 g/mol. The number of amides is 2. The van der Waals surface area contributed by atoms with Crippen molar-refractivity contribution in [1.82, 2.24) is 0 Å². The van der Waals surface area contributed by atoms with Crippen LogP contribution in [0.5, 0.6) is 5.75 Å². The second-order valence-corrected chi connectivity index (χ2v) is 3.52. The van der Waals surface area contributed by atoms with E-state index in [-0.39, 0.29) is 5.75 Å². The number of carboxylic acid groups (broad SMARTS) is 1. The molecule has 1 heterocycles. The Morgan fingerprint density at radius 1 is 1.22 bits per heavy atom. The zero-order valence-corrected chi connectivity index (χ0v) is 9.20. The molecule has 0 radical (unpaired) electrons. The minimum absolute atomic E-state index is 0.280. The molecule has 0 aliphatic carbocycles. The first-order valence-corrected chi connectivity index (χ1v) is 5.09. The first-order valence-electron chi connectivity index (χ1n) is 5.09. The summed E-state index contributed by atoms with van der Waals surface area (Å²) in [6.45, 7) is -0.483. The molecule has 0 saturated heterocycles. The summed E-state index contributed by atoms with van der Waals surface area (Å²) in [4.78, 5) is 34.2. The van der Waals surface area contributed by atoms with Crippen molar-refractivity contribution in [3.63, 3.8) is 0 Å². The summed E-state index contributed by atoms with van der Waals surface area (Å²) in [6, 6.07) is 6.12. The number of ether oxygens (including phenoxy) is 1. The van der Waals surface area contributed by atoms with Crippen LogP contribution in [-0.2, 0) is 14.4 Å². The highest BCUT2D eigenvalue weighted by Gasteiger charge is 2.25. The fraction of sp³-hybridized carbons (Fsp3) is 0.0833. The molecule has 0 unspecified atom stereocenters. The Morgan fingerprint density at radius 2 is 1.89 bits per heavy atom. The maximum atomic E-state index is 11.4. The molecule has 1 aliphatic heterocycles. The number of benzene rings is 1. The number of aliphatic carboxylic acids is 1. The molecule has 2 amide bonds. The highest BCUT2D eigenvalue weighted by Crippen LogP contribution is 2.23. The van der Waals surface area contributed by atoms with E-state index >= 15 is 0 Å². The van der Waals surface area contributed by atoms with E-state index in [4.69, 9.17) is 9.84 Å². The van der Waals surface area contributed by atoms with Crippen molar-refractivity contribution in [2.24, 2.45) is 0 Å². The van der Waals surface area contributed by atoms with Crippen LogP contribution >= 0.6 is 0 Å². The van der Waals surface area contributed by atoms with Gasteiger partial charge in [-0.1, -0.05) is 6.07 Å². The summed E-state index contributed by atoms with van der Waals surface area (Å²) < 4.78 is 4.97. The van der Waals surface area contributed by atoms with Gasteiger partial charge >= 0.3 is 5.97 Å². The van der Waals surface area contributed by atoms with Gasteiger partial charge in [-0.3, -0.25) is 9.59 Å². The number of carboxylic acids is 1. The van der Waals surface area contributed by atoms with Crippen molar-refractivity contribution in [3.8, 4) is 5.75 Å². The smallest absolute Gasteiger partial charge is 0.341 e. The third-order valence-corrected chi connectivity index (χ3v) is 2.25. The first kappa shape index (κ1) is 11.8. The van der Waals surface area contributed by atoms with Crippen molar-refractivity contribution in [2.75, 3.05) is 11.5 Å². The standard InChI is InChI=1S/C12H9NO5/c14-10-4-5-11(15)13(10)8-2-1-3-9(6-8)18-7-12(16)17/h1-6H,7H2,(H,16,17). The lowest BCUT2D eigenvalue weighted by molar-refractivity contribution is -0.139. The predicted molar refractivity (Wildman–Crippen MR) is 61.2 cm³/mol. The van der Waals surface area contributed by atoms with Crippen LogP contribution in [0.3, 0.4) is 0 Å². The molecule has 0 spiro atoms. The zero-order chi connectivity index (χ0) is 13.1. The summed E-state index contributed by atoms with van der Waals surface area (Å²) >= 11 is 0. The number of carbonyl (C=O) groups excluding carboxylic acids is 2. The summed E-state index contributed by atoms with van der Waals surface area (Å²) in [6.07, 6.45) is 2.35. The van der Waals surface area contributed by atoms with Gasteiger partial charge in [0.15, 0.2) is 6.61 Å². The molecule has 0 aromatic heterocycles. The van der Waals surface area contributed by atoms with Crippen LogP contribution in [0.25, 0.3) is 0 Å². The Hall–Kier alpha value is -2.63. The van der Waals surface area contributed by atoms with Crippen molar-refractivity contribution in [3.05, 3.63) is 36.4 Å². The van der Waals surface area contributed by atoms with Gasteiger partial charge in [-0.05, 0) is 12.1 Å². The average molecular weight is 247 g/mol. The van der Waals surface area contributed by atoms with E-state index < -0.39 is 24.4 Å². The molecule has 92 valence electrons. The van der Waals surface area contributed by atoms with Gasteiger partial charge in [0.25, 0.3) is 11.8 Å². The monoisotopic (exact) mass is 247 g/mol. The summed E-state index contributed by atoms with van der Waals surface area (Å²) in [5.41, 5.74) is 0.345. The van der Waals surface area contributed by atoms with Crippen LogP contribution in [0, 0.1) is 0 Å². The Balaban J connectivity index is 2.19. The van der Waals surface area contributed by atoms with Gasteiger partial charge in [-0.25, -0.2) is 9.69 Å². The van der Waals surface area contributed by atoms with Crippen LogP contribution in [0.4, 0.5) is 5.69 Å². The van der Waals surface area contributed by atoms with Gasteiger partial charge in [0, 0.05) is 18.2 Å². The van der Waals surface area contributed by atoms with Gasteiger partial charge < -0.3 is 9.84 Å². The van der Waals surface area contributed by atoms with Crippen LogP contribution in [0.15, 0.2) is 36.4 Å². The van der Waals surface area contributed by atoms with E-state index in [9.17, 15) is 14.4 Å². The van der Waals surface area contributed by atoms with Gasteiger partial charge in [-0.15, -0.1) is 0 Å². The van der Waals surface area contributed by atoms with Crippen LogP contribution in [-0.4, -0.2) is 29.5 Å². The van der Waals surface area contributed by atoms with Crippen molar-refractivity contribution in [2.45, 2.75) is 0 Å². The minimum atomic E-state index is -1.10. The van der Waals surface area contributed by atoms with Gasteiger partial charge in [-0.2, -0.15) is 0 Å². The minimum Gasteiger partial charge on any atom is -0.482 e. The largest absolute Gasteiger partial charge is 0.482 e. The Morgan fingerprint density at radius 3 is 2.50 bits per heavy atom. The summed E-state index contributed by atoms with van der Waals surface area (Å²) in [5, 5.41) is 8.49. The summed E-state index contributed by atoms with van der Waals surface area (Å²) in [5.74, 6) is -1.69. The van der Waals surface area contributed by atoms with E-state index in [1.807, 2.05) is 0 Å². The van der Waals surface area contributed by atoms with E-state index in [1.54, 1.807) is 18.2 Å². The van der Waals surface area contributed by atoms with Crippen LogP contribution < -0.4 is 9.64 Å². The molecule has 6 nitrogen and oxygen atoms in total. The molecule has 2 rings (SSSR count). The normalized spacial score (nSPS) is 14.1. The van der Waals surface area contributed by atoms with Crippen LogP contribution in [0.2, 0.25) is 0 Å². The van der Waals surface area contributed by atoms with Gasteiger partial charge in [0.1, 0.15) is 5.75 Å². The summed E-state index contributed by atoms with van der Waals surface area (Å²) in [7, 11) is 0. The van der Waals surface area contributed by atoms with Crippen molar-refractivity contribution >= 4 is 23.5 Å². The molecule has 1 aliphatic rings. The van der Waals surface area contributed by atoms with Crippen molar-refractivity contribution < 1.29 is 24.2 Å². The second kappa shape index (κ2) is 4.70. The quantitative estimate of drug-likeness (QED) is 0.787. The van der Waals surface area contributed by atoms with E-state index in [0.717, 1.165) is 4.90 Å². The zero-order valence-electron chi connectivity index (χ0n) is 9.20. The Labute approximate surface area is 102 Å². The molecule has 1 aromatic rings. The number of rotatable bonds is 4. The van der Waals surface area contributed by atoms with E-state index in [1.165, 1.54) is 18.2 Å². The predicted octanol–water partition coefficient (Wildman–Crippen LogP) is 0.579. The molecule has 0 fully saturated rings. The fourth-order valence-electron chi connectivity index (χ4n) is 1.51. The topological polar surface area (TPSA) is 83.9 Å². The lowest BCUT2D eigenvalue weighted by Crippen LogP contribution is -2.29. The van der Waals surface area contributed by atoms with Crippen LogP contribution in [0.1, 0.15) is 0 Å². The third-order valence-electron chi connectivity index (χ3n) is 2.25. The average Bonchev–Trinajstić information content (AvgIpc) is 2.67. The highest BCUT2D eigenvalue weighted by atomic mass is 16.5. The van der Waals surface area contributed by atoms with E-state index in [2.05, 4.69) is 0 Å². The molecule has 0 saturated carbocycles. The Bertz CT molecular complexity index is 531. The number of nitrogens with zero attached hydrogens (tertiary/aromatic N) is 1. The lowest BCUT2D eigenvalue weighted by Gasteiger charge is -2.14. The maximum absolute atomic E-state index is 11.4. The number of carbonyl (C=O) groups is 3. The highest BCUT2D eigenvalue weighted by molar-refractivity contribution is 6.28. The second-order valence-electron chi connectivity index (χ2n) is 3.52. The number of anilines is 1. The molecule has 6 heteroatoms. The molecule has 18 heavy (non-hydrogen) atoms. The molecule has 0 bridgehead atoms. The molecular formula is C12H9NO5. The van der Waals surface area contributed by atoms with E-state index in [0.29, 0.717) is 5.69 Å². The van der Waals surface area contributed by atoms with Gasteiger partial charge in [0.05, 0.1) is 5.69 Å². The Kier molecular flexibility index (Phi) is 3.09. The number of hydrogen-bond acceptors (Lipinski definition) is 4. The third kappa shape index (κ3) is 2.37.